The molecule has 96 valence electrons. The van der Waals surface area contributed by atoms with Crippen LogP contribution in [0, 0.1) is 18.6 Å². The van der Waals surface area contributed by atoms with Crippen LogP contribution in [0.15, 0.2) is 12.1 Å². The standard InChI is InChI=1S/C12H12F2N2O2/c1-6-3-9(14)10(4-8(6)13)16-5-11(17)15-7(2)12(16)18/h3-4,7H,5H2,1-2H3,(H,15,17). The molecule has 0 aromatic heterocycles. The zero-order valence-corrected chi connectivity index (χ0v) is 9.96. The summed E-state index contributed by atoms with van der Waals surface area (Å²) < 4.78 is 27.2. The summed E-state index contributed by atoms with van der Waals surface area (Å²) >= 11 is 0. The normalized spacial score (nSPS) is 20.0. The zero-order chi connectivity index (χ0) is 13.4. The Balaban J connectivity index is 2.44. The lowest BCUT2D eigenvalue weighted by Gasteiger charge is -2.31. The molecule has 1 heterocycles. The first-order valence-electron chi connectivity index (χ1n) is 5.46. The van der Waals surface area contributed by atoms with Gasteiger partial charge in [-0.1, -0.05) is 0 Å². The number of anilines is 1. The SMILES string of the molecule is Cc1cc(F)c(N2CC(=O)NC(C)C2=O)cc1F. The highest BCUT2D eigenvalue weighted by molar-refractivity contribution is 6.06. The van der Waals surface area contributed by atoms with Gasteiger partial charge < -0.3 is 5.32 Å². The third-order valence-electron chi connectivity index (χ3n) is 2.83. The molecule has 2 rings (SSSR count). The third kappa shape index (κ3) is 2.05. The van der Waals surface area contributed by atoms with Gasteiger partial charge in [0, 0.05) is 6.07 Å². The minimum atomic E-state index is -0.741. The molecule has 1 atom stereocenters. The monoisotopic (exact) mass is 254 g/mol. The molecule has 6 heteroatoms. The molecule has 1 unspecified atom stereocenters. The Labute approximate surface area is 103 Å². The number of benzene rings is 1. The topological polar surface area (TPSA) is 49.4 Å². The van der Waals surface area contributed by atoms with Crippen LogP contribution in [-0.4, -0.2) is 24.4 Å². The van der Waals surface area contributed by atoms with Gasteiger partial charge in [0.05, 0.1) is 5.69 Å². The van der Waals surface area contributed by atoms with Crippen molar-refractivity contribution in [2.45, 2.75) is 19.9 Å². The van der Waals surface area contributed by atoms with Crippen molar-refractivity contribution < 1.29 is 18.4 Å². The molecule has 1 aliphatic heterocycles. The van der Waals surface area contributed by atoms with Gasteiger partial charge in [0.15, 0.2) is 0 Å². The maximum atomic E-state index is 13.8. The van der Waals surface area contributed by atoms with E-state index in [1.807, 2.05) is 0 Å². The van der Waals surface area contributed by atoms with E-state index >= 15 is 0 Å². The van der Waals surface area contributed by atoms with Crippen LogP contribution in [0.25, 0.3) is 0 Å². The fourth-order valence-corrected chi connectivity index (χ4v) is 1.85. The number of carbonyl (C=O) groups excluding carboxylic acids is 2. The van der Waals surface area contributed by atoms with Gasteiger partial charge in [-0.3, -0.25) is 14.5 Å². The minimum Gasteiger partial charge on any atom is -0.343 e. The molecular weight excluding hydrogens is 242 g/mol. The third-order valence-corrected chi connectivity index (χ3v) is 2.83. The number of aryl methyl sites for hydroxylation is 1. The van der Waals surface area contributed by atoms with Crippen LogP contribution in [0.5, 0.6) is 0 Å². The number of nitrogens with one attached hydrogen (secondary N) is 1. The zero-order valence-electron chi connectivity index (χ0n) is 9.96. The summed E-state index contributed by atoms with van der Waals surface area (Å²) in [6, 6.07) is 1.21. The predicted octanol–water partition coefficient (Wildman–Crippen LogP) is 1.12. The van der Waals surface area contributed by atoms with E-state index < -0.39 is 29.5 Å². The van der Waals surface area contributed by atoms with Crippen molar-refractivity contribution in [1.29, 1.82) is 0 Å². The van der Waals surface area contributed by atoms with Crippen LogP contribution < -0.4 is 10.2 Å². The van der Waals surface area contributed by atoms with Crippen molar-refractivity contribution in [3.05, 3.63) is 29.3 Å². The van der Waals surface area contributed by atoms with Crippen molar-refractivity contribution in [2.24, 2.45) is 0 Å². The summed E-state index contributed by atoms with van der Waals surface area (Å²) in [5.41, 5.74) is -0.0528. The molecule has 1 fully saturated rings. The average Bonchev–Trinajstić information content (AvgIpc) is 2.29. The quantitative estimate of drug-likeness (QED) is 0.816. The van der Waals surface area contributed by atoms with Gasteiger partial charge >= 0.3 is 0 Å². The van der Waals surface area contributed by atoms with E-state index in [0.717, 1.165) is 17.0 Å². The summed E-state index contributed by atoms with van der Waals surface area (Å²) in [5, 5.41) is 2.43. The Morgan fingerprint density at radius 1 is 1.28 bits per heavy atom. The van der Waals surface area contributed by atoms with E-state index in [1.165, 1.54) is 13.8 Å². The second-order valence-electron chi connectivity index (χ2n) is 4.27. The maximum Gasteiger partial charge on any atom is 0.249 e. The number of nitrogens with zero attached hydrogens (tertiary/aromatic N) is 1. The fraction of sp³-hybridized carbons (Fsp3) is 0.333. The van der Waals surface area contributed by atoms with Crippen LogP contribution >= 0.6 is 0 Å². The van der Waals surface area contributed by atoms with Gasteiger partial charge in [0.1, 0.15) is 24.2 Å². The van der Waals surface area contributed by atoms with Crippen molar-refractivity contribution >= 4 is 17.5 Å². The molecule has 1 aliphatic rings. The Hall–Kier alpha value is -1.98. The van der Waals surface area contributed by atoms with Crippen LogP contribution in [0.2, 0.25) is 0 Å². The predicted molar refractivity (Wildman–Crippen MR) is 61.1 cm³/mol. The molecule has 4 nitrogen and oxygen atoms in total. The lowest BCUT2D eigenvalue weighted by molar-refractivity contribution is -0.130. The molecule has 0 bridgehead atoms. The largest absolute Gasteiger partial charge is 0.343 e. The first-order chi connectivity index (χ1) is 8.40. The van der Waals surface area contributed by atoms with Crippen molar-refractivity contribution in [3.63, 3.8) is 0 Å². The lowest BCUT2D eigenvalue weighted by Crippen LogP contribution is -2.57. The minimum absolute atomic E-state index is 0.151. The number of rotatable bonds is 1. The number of carbonyl (C=O) groups is 2. The Bertz CT molecular complexity index is 531. The van der Waals surface area contributed by atoms with E-state index in [0.29, 0.717) is 0 Å². The van der Waals surface area contributed by atoms with Crippen molar-refractivity contribution in [2.75, 3.05) is 11.4 Å². The number of hydrogen-bond acceptors (Lipinski definition) is 2. The molecule has 1 aromatic carbocycles. The maximum absolute atomic E-state index is 13.8. The average molecular weight is 254 g/mol. The molecule has 0 saturated carbocycles. The first kappa shape index (κ1) is 12.5. The van der Waals surface area contributed by atoms with E-state index in [4.69, 9.17) is 0 Å². The van der Waals surface area contributed by atoms with Crippen LogP contribution in [-0.2, 0) is 9.59 Å². The summed E-state index contributed by atoms with van der Waals surface area (Å²) in [7, 11) is 0. The highest BCUT2D eigenvalue weighted by Crippen LogP contribution is 2.24. The van der Waals surface area contributed by atoms with E-state index in [9.17, 15) is 18.4 Å². The van der Waals surface area contributed by atoms with Gasteiger partial charge in [0.2, 0.25) is 11.8 Å². The summed E-state index contributed by atoms with van der Waals surface area (Å²) in [5.74, 6) is -2.19. The molecule has 18 heavy (non-hydrogen) atoms. The van der Waals surface area contributed by atoms with Crippen molar-refractivity contribution in [1.82, 2.24) is 5.32 Å². The smallest absolute Gasteiger partial charge is 0.249 e. The molecule has 1 aromatic rings. The Morgan fingerprint density at radius 2 is 1.94 bits per heavy atom. The summed E-state index contributed by atoms with van der Waals surface area (Å²) in [6.45, 7) is 2.62. The van der Waals surface area contributed by atoms with Crippen molar-refractivity contribution in [3.8, 4) is 0 Å². The van der Waals surface area contributed by atoms with E-state index in [-0.39, 0.29) is 17.8 Å². The van der Waals surface area contributed by atoms with Gasteiger partial charge in [-0.25, -0.2) is 8.78 Å². The number of hydrogen-bond donors (Lipinski definition) is 1. The molecule has 2 amide bonds. The molecule has 1 N–H and O–H groups in total. The highest BCUT2D eigenvalue weighted by atomic mass is 19.1. The highest BCUT2D eigenvalue weighted by Gasteiger charge is 2.32. The van der Waals surface area contributed by atoms with Crippen LogP contribution in [0.3, 0.4) is 0 Å². The van der Waals surface area contributed by atoms with Gasteiger partial charge in [-0.05, 0) is 25.5 Å². The second-order valence-corrected chi connectivity index (χ2v) is 4.27. The molecule has 0 spiro atoms. The van der Waals surface area contributed by atoms with Crippen LogP contribution in [0.4, 0.5) is 14.5 Å². The number of amides is 2. The Morgan fingerprint density at radius 3 is 2.61 bits per heavy atom. The first-order valence-corrected chi connectivity index (χ1v) is 5.46. The summed E-state index contributed by atoms with van der Waals surface area (Å²) in [4.78, 5) is 24.1. The number of piperazine rings is 1. The molecule has 0 radical (unpaired) electrons. The fourth-order valence-electron chi connectivity index (χ4n) is 1.85. The second kappa shape index (κ2) is 4.36. The van der Waals surface area contributed by atoms with E-state index in [2.05, 4.69) is 5.32 Å². The Kier molecular flexibility index (Phi) is 3.02. The molecule has 1 saturated heterocycles. The van der Waals surface area contributed by atoms with E-state index in [1.54, 1.807) is 0 Å². The van der Waals surface area contributed by atoms with Gasteiger partial charge in [0.25, 0.3) is 0 Å². The van der Waals surface area contributed by atoms with Gasteiger partial charge in [-0.2, -0.15) is 0 Å². The summed E-state index contributed by atoms with van der Waals surface area (Å²) in [6.07, 6.45) is 0. The molecular formula is C12H12F2N2O2. The van der Waals surface area contributed by atoms with Crippen LogP contribution in [0.1, 0.15) is 12.5 Å². The van der Waals surface area contributed by atoms with Gasteiger partial charge in [-0.15, -0.1) is 0 Å². The molecule has 0 aliphatic carbocycles. The lowest BCUT2D eigenvalue weighted by atomic mass is 10.1. The number of halogens is 2.